The van der Waals surface area contributed by atoms with Gasteiger partial charge in [0.05, 0.1) is 0 Å². The molecule has 6 heteroatoms. The van der Waals surface area contributed by atoms with Gasteiger partial charge in [-0.15, -0.1) is 0 Å². The van der Waals surface area contributed by atoms with Crippen LogP contribution in [0.1, 0.15) is 284 Å². The van der Waals surface area contributed by atoms with Gasteiger partial charge in [0, 0.05) is 19.3 Å². The van der Waals surface area contributed by atoms with E-state index in [1.54, 1.807) is 0 Å². The first-order valence-electron chi connectivity index (χ1n) is 30.9. The van der Waals surface area contributed by atoms with Crippen molar-refractivity contribution in [3.05, 3.63) is 109 Å². The number of carbonyl (C=O) groups is 3. The maximum atomic E-state index is 12.9. The summed E-state index contributed by atoms with van der Waals surface area (Å²) < 4.78 is 16.9. The molecule has 0 fully saturated rings. The summed E-state index contributed by atoms with van der Waals surface area (Å²) in [7, 11) is 0. The highest BCUT2D eigenvalue weighted by molar-refractivity contribution is 5.71. The first kappa shape index (κ1) is 70.1. The van der Waals surface area contributed by atoms with E-state index >= 15 is 0 Å². The van der Waals surface area contributed by atoms with E-state index in [9.17, 15) is 14.4 Å². The Morgan fingerprint density at radius 1 is 0.284 bits per heavy atom. The van der Waals surface area contributed by atoms with Crippen molar-refractivity contribution in [2.24, 2.45) is 0 Å². The molecular formula is C68H114O6. The lowest BCUT2D eigenvalue weighted by Crippen LogP contribution is -2.30. The molecule has 74 heavy (non-hydrogen) atoms. The van der Waals surface area contributed by atoms with E-state index in [0.29, 0.717) is 19.3 Å². The summed E-state index contributed by atoms with van der Waals surface area (Å²) in [6.45, 7) is 6.47. The summed E-state index contributed by atoms with van der Waals surface area (Å²) in [5, 5.41) is 0. The van der Waals surface area contributed by atoms with Gasteiger partial charge >= 0.3 is 17.9 Å². The molecule has 0 aliphatic rings. The van der Waals surface area contributed by atoms with Crippen LogP contribution in [-0.2, 0) is 28.6 Å². The molecule has 0 bridgehead atoms. The predicted molar refractivity (Wildman–Crippen MR) is 320 cm³/mol. The van der Waals surface area contributed by atoms with Gasteiger partial charge in [0.15, 0.2) is 6.10 Å². The van der Waals surface area contributed by atoms with E-state index in [2.05, 4.69) is 130 Å². The molecule has 0 aliphatic carbocycles. The molecular weight excluding hydrogens is 913 g/mol. The van der Waals surface area contributed by atoms with E-state index < -0.39 is 6.10 Å². The van der Waals surface area contributed by atoms with Gasteiger partial charge in [0.2, 0.25) is 0 Å². The quantitative estimate of drug-likeness (QED) is 0.0261. The SMILES string of the molecule is CC/C=C\C/C=C\C/C=C\C/C=C\C/C=C\C/C=C\CCCCC(=O)OCC(COC(=O)CCCCCCC/C=C\C/C=C\CCCCCC)OC(=O)CCCCCCCCCCC/C=C\CCCCCCCC. The van der Waals surface area contributed by atoms with Crippen LogP contribution in [-0.4, -0.2) is 37.2 Å². The summed E-state index contributed by atoms with van der Waals surface area (Å²) in [6.07, 6.45) is 83.7. The summed E-state index contributed by atoms with van der Waals surface area (Å²) in [6, 6.07) is 0. The van der Waals surface area contributed by atoms with Crippen molar-refractivity contribution < 1.29 is 28.6 Å². The molecule has 0 aromatic heterocycles. The van der Waals surface area contributed by atoms with Gasteiger partial charge in [0.25, 0.3) is 0 Å². The van der Waals surface area contributed by atoms with Gasteiger partial charge in [-0.05, 0) is 128 Å². The number of rotatable bonds is 55. The Labute approximate surface area is 457 Å². The van der Waals surface area contributed by atoms with Crippen molar-refractivity contribution in [1.29, 1.82) is 0 Å². The Morgan fingerprint density at radius 2 is 0.527 bits per heavy atom. The van der Waals surface area contributed by atoms with Crippen LogP contribution >= 0.6 is 0 Å². The third-order valence-electron chi connectivity index (χ3n) is 13.0. The molecule has 0 N–H and O–H groups in total. The van der Waals surface area contributed by atoms with E-state index in [1.807, 2.05) is 0 Å². The van der Waals surface area contributed by atoms with Crippen LogP contribution in [0.2, 0.25) is 0 Å². The predicted octanol–water partition coefficient (Wildman–Crippen LogP) is 21.0. The molecule has 1 atom stereocenters. The number of hydrogen-bond donors (Lipinski definition) is 0. The van der Waals surface area contributed by atoms with Crippen molar-refractivity contribution >= 4 is 17.9 Å². The topological polar surface area (TPSA) is 78.9 Å². The second-order valence-corrected chi connectivity index (χ2v) is 20.2. The van der Waals surface area contributed by atoms with Crippen LogP contribution in [0.3, 0.4) is 0 Å². The molecule has 0 aliphatic heterocycles. The average molecular weight is 1030 g/mol. The summed E-state index contributed by atoms with van der Waals surface area (Å²) in [5.74, 6) is -0.955. The lowest BCUT2D eigenvalue weighted by molar-refractivity contribution is -0.167. The van der Waals surface area contributed by atoms with Crippen LogP contribution in [0.5, 0.6) is 0 Å². The average Bonchev–Trinajstić information content (AvgIpc) is 3.40. The van der Waals surface area contributed by atoms with Crippen molar-refractivity contribution in [2.45, 2.75) is 290 Å². The zero-order chi connectivity index (χ0) is 53.6. The fourth-order valence-corrected chi connectivity index (χ4v) is 8.35. The molecule has 0 rings (SSSR count). The summed E-state index contributed by atoms with van der Waals surface area (Å²) in [4.78, 5) is 38.3. The van der Waals surface area contributed by atoms with Gasteiger partial charge in [-0.3, -0.25) is 14.4 Å². The zero-order valence-electron chi connectivity index (χ0n) is 48.3. The minimum Gasteiger partial charge on any atom is -0.462 e. The third-order valence-corrected chi connectivity index (χ3v) is 13.0. The van der Waals surface area contributed by atoms with Crippen LogP contribution in [0.15, 0.2) is 109 Å². The molecule has 0 amide bonds. The zero-order valence-corrected chi connectivity index (χ0v) is 48.3. The van der Waals surface area contributed by atoms with Crippen molar-refractivity contribution in [2.75, 3.05) is 13.2 Å². The fraction of sp³-hybridized carbons (Fsp3) is 0.691. The lowest BCUT2D eigenvalue weighted by Gasteiger charge is -2.18. The lowest BCUT2D eigenvalue weighted by atomic mass is 10.1. The van der Waals surface area contributed by atoms with Crippen molar-refractivity contribution in [3.63, 3.8) is 0 Å². The van der Waals surface area contributed by atoms with Crippen molar-refractivity contribution in [3.8, 4) is 0 Å². The van der Waals surface area contributed by atoms with Crippen LogP contribution in [0.25, 0.3) is 0 Å². The van der Waals surface area contributed by atoms with Crippen molar-refractivity contribution in [1.82, 2.24) is 0 Å². The fourth-order valence-electron chi connectivity index (χ4n) is 8.35. The van der Waals surface area contributed by atoms with Crippen LogP contribution < -0.4 is 0 Å². The standard InChI is InChI=1S/C68H114O6/c1-4-7-10-13-16-19-22-25-28-31-33-34-36-37-40-43-46-49-52-55-58-61-67(70)73-64-65(63-72-66(69)60-57-54-51-48-45-42-39-30-27-24-21-18-15-12-9-6-3)74-68(71)62-59-56-53-50-47-44-41-38-35-32-29-26-23-20-17-14-11-8-5-2/h7,10,16,19,21,24-26,28-30,33-34,37,39-40,46,49,65H,4-6,8-9,11-15,17-18,20,22-23,27,31-32,35-36,38,41-45,47-48,50-64H2,1-3H3/b10-7-,19-16-,24-21-,28-25-,29-26-,34-33-,39-30-,40-37-,49-46-. The number of unbranched alkanes of at least 4 members (excludes halogenated alkanes) is 26. The summed E-state index contributed by atoms with van der Waals surface area (Å²) >= 11 is 0. The molecule has 6 nitrogen and oxygen atoms in total. The molecule has 0 heterocycles. The Bertz CT molecular complexity index is 1510. The van der Waals surface area contributed by atoms with E-state index in [4.69, 9.17) is 14.2 Å². The Morgan fingerprint density at radius 3 is 0.878 bits per heavy atom. The summed E-state index contributed by atoms with van der Waals surface area (Å²) in [5.41, 5.74) is 0. The molecule has 0 radical (unpaired) electrons. The molecule has 0 aromatic carbocycles. The second kappa shape index (κ2) is 61.6. The van der Waals surface area contributed by atoms with Crippen LogP contribution in [0, 0.1) is 0 Å². The highest BCUT2D eigenvalue weighted by atomic mass is 16.6. The number of ether oxygens (including phenoxy) is 3. The Hall–Kier alpha value is -3.93. The molecule has 0 saturated heterocycles. The van der Waals surface area contributed by atoms with E-state index in [-0.39, 0.29) is 31.1 Å². The van der Waals surface area contributed by atoms with Gasteiger partial charge in [-0.2, -0.15) is 0 Å². The molecule has 422 valence electrons. The number of esters is 3. The number of hydrogen-bond acceptors (Lipinski definition) is 6. The molecule has 0 aromatic rings. The van der Waals surface area contributed by atoms with E-state index in [0.717, 1.165) is 122 Å². The van der Waals surface area contributed by atoms with Gasteiger partial charge in [-0.1, -0.05) is 246 Å². The number of carbonyl (C=O) groups excluding carboxylic acids is 3. The third kappa shape index (κ3) is 59.0. The van der Waals surface area contributed by atoms with Gasteiger partial charge in [0.1, 0.15) is 13.2 Å². The second-order valence-electron chi connectivity index (χ2n) is 20.2. The maximum absolute atomic E-state index is 12.9. The van der Waals surface area contributed by atoms with Gasteiger partial charge < -0.3 is 14.2 Å². The Balaban J connectivity index is 4.49. The largest absolute Gasteiger partial charge is 0.462 e. The first-order valence-corrected chi connectivity index (χ1v) is 30.9. The first-order chi connectivity index (χ1) is 36.5. The monoisotopic (exact) mass is 1030 g/mol. The Kier molecular flexibility index (Phi) is 58.3. The van der Waals surface area contributed by atoms with Crippen LogP contribution in [0.4, 0.5) is 0 Å². The van der Waals surface area contributed by atoms with E-state index in [1.165, 1.54) is 122 Å². The minimum atomic E-state index is -0.806. The maximum Gasteiger partial charge on any atom is 0.306 e. The highest BCUT2D eigenvalue weighted by Crippen LogP contribution is 2.15. The molecule has 0 saturated carbocycles. The van der Waals surface area contributed by atoms with Gasteiger partial charge in [-0.25, -0.2) is 0 Å². The minimum absolute atomic E-state index is 0.101. The number of allylic oxidation sites excluding steroid dienone is 18. The molecule has 1 unspecified atom stereocenters. The molecule has 0 spiro atoms. The normalized spacial score (nSPS) is 12.9. The smallest absolute Gasteiger partial charge is 0.306 e. The highest BCUT2D eigenvalue weighted by Gasteiger charge is 2.19.